The molecule has 11 heavy (non-hydrogen) atoms. The number of hydrogen-bond donors (Lipinski definition) is 1. The highest BCUT2D eigenvalue weighted by Crippen LogP contribution is 2.11. The van der Waals surface area contributed by atoms with E-state index in [1.54, 1.807) is 6.20 Å². The van der Waals surface area contributed by atoms with Crippen LogP contribution in [0.1, 0.15) is 0 Å². The maximum absolute atomic E-state index is 5.58. The molecule has 0 radical (unpaired) electrons. The monoisotopic (exact) mass is 259 g/mol. The first-order chi connectivity index (χ1) is 5.27. The fourth-order valence-electron chi connectivity index (χ4n) is 0.993. The van der Waals surface area contributed by atoms with Gasteiger partial charge in [0, 0.05) is 9.77 Å². The first-order valence-electron chi connectivity index (χ1n) is 3.15. The fourth-order valence-corrected chi connectivity index (χ4v) is 1.47. The van der Waals surface area contributed by atoms with Crippen molar-refractivity contribution in [2.24, 2.45) is 0 Å². The predicted octanol–water partition coefficient (Wildman–Crippen LogP) is 1.52. The van der Waals surface area contributed by atoms with Crippen molar-refractivity contribution in [2.75, 3.05) is 5.73 Å². The van der Waals surface area contributed by atoms with E-state index in [1.165, 1.54) is 3.57 Å². The van der Waals surface area contributed by atoms with Crippen LogP contribution in [-0.4, -0.2) is 9.38 Å². The molecule has 0 unspecified atom stereocenters. The molecule has 0 saturated heterocycles. The van der Waals surface area contributed by atoms with Crippen LogP contribution >= 0.6 is 22.6 Å². The van der Waals surface area contributed by atoms with Crippen LogP contribution in [0, 0.1) is 3.57 Å². The highest BCUT2D eigenvalue weighted by atomic mass is 127. The highest BCUT2D eigenvalue weighted by molar-refractivity contribution is 14.1. The van der Waals surface area contributed by atoms with E-state index < -0.39 is 0 Å². The maximum atomic E-state index is 5.58. The molecule has 0 aromatic carbocycles. The molecule has 0 saturated carbocycles. The summed E-state index contributed by atoms with van der Waals surface area (Å²) in [6, 6.07) is 4.02. The Morgan fingerprint density at radius 3 is 3.18 bits per heavy atom. The van der Waals surface area contributed by atoms with Crippen molar-refractivity contribution >= 4 is 34.1 Å². The van der Waals surface area contributed by atoms with Crippen LogP contribution < -0.4 is 5.73 Å². The van der Waals surface area contributed by atoms with Crippen LogP contribution in [0.15, 0.2) is 24.5 Å². The molecule has 2 heterocycles. The van der Waals surface area contributed by atoms with Crippen LogP contribution in [0.3, 0.4) is 0 Å². The lowest BCUT2D eigenvalue weighted by Crippen LogP contribution is -1.93. The van der Waals surface area contributed by atoms with E-state index in [-0.39, 0.29) is 0 Å². The number of imidazole rings is 1. The topological polar surface area (TPSA) is 43.3 Å². The third-order valence-corrected chi connectivity index (χ3v) is 2.19. The molecule has 3 nitrogen and oxygen atoms in total. The van der Waals surface area contributed by atoms with Gasteiger partial charge in [-0.3, -0.25) is 4.40 Å². The van der Waals surface area contributed by atoms with Crippen molar-refractivity contribution in [2.45, 2.75) is 0 Å². The zero-order chi connectivity index (χ0) is 7.84. The third-order valence-electron chi connectivity index (χ3n) is 1.52. The Hall–Kier alpha value is -0.780. The first-order valence-corrected chi connectivity index (χ1v) is 4.23. The molecule has 0 amide bonds. The van der Waals surface area contributed by atoms with Gasteiger partial charge in [0.25, 0.3) is 0 Å². The lowest BCUT2D eigenvalue weighted by atomic mass is 10.4. The molecule has 2 N–H and O–H groups in total. The largest absolute Gasteiger partial charge is 0.369 e. The number of rotatable bonds is 0. The Labute approximate surface area is 77.4 Å². The predicted molar refractivity (Wildman–Crippen MR) is 52.3 cm³/mol. The van der Waals surface area contributed by atoms with Gasteiger partial charge in [0.1, 0.15) is 0 Å². The Morgan fingerprint density at radius 2 is 2.36 bits per heavy atom. The van der Waals surface area contributed by atoms with E-state index in [2.05, 4.69) is 27.6 Å². The summed E-state index contributed by atoms with van der Waals surface area (Å²) in [5.41, 5.74) is 6.61. The lowest BCUT2D eigenvalue weighted by molar-refractivity contribution is 1.17. The van der Waals surface area contributed by atoms with Crippen LogP contribution in [0.25, 0.3) is 5.52 Å². The summed E-state index contributed by atoms with van der Waals surface area (Å²) in [5.74, 6) is 0.538. The number of anilines is 1. The molecule has 0 aliphatic heterocycles. The average Bonchev–Trinajstić information content (AvgIpc) is 2.32. The summed E-state index contributed by atoms with van der Waals surface area (Å²) in [7, 11) is 0. The van der Waals surface area contributed by atoms with E-state index >= 15 is 0 Å². The number of nitrogens with zero attached hydrogens (tertiary/aromatic N) is 2. The Morgan fingerprint density at radius 1 is 1.55 bits per heavy atom. The van der Waals surface area contributed by atoms with Gasteiger partial charge in [0.15, 0.2) is 0 Å². The van der Waals surface area contributed by atoms with E-state index in [0.29, 0.717) is 5.95 Å². The molecule has 2 aromatic heterocycles. The van der Waals surface area contributed by atoms with Crippen LogP contribution in [0.4, 0.5) is 5.95 Å². The second-order valence-electron chi connectivity index (χ2n) is 2.26. The maximum Gasteiger partial charge on any atom is 0.204 e. The van der Waals surface area contributed by atoms with Crippen molar-refractivity contribution in [1.29, 1.82) is 0 Å². The first kappa shape index (κ1) is 6.90. The number of halogens is 1. The SMILES string of the molecule is Nc1ncc2cc(I)ccn12. The van der Waals surface area contributed by atoms with E-state index in [9.17, 15) is 0 Å². The van der Waals surface area contributed by atoms with Crippen LogP contribution in [0.5, 0.6) is 0 Å². The molecular formula is C7H6IN3. The molecule has 0 aliphatic carbocycles. The third kappa shape index (κ3) is 1.07. The molecule has 2 rings (SSSR count). The van der Waals surface area contributed by atoms with Crippen LogP contribution in [-0.2, 0) is 0 Å². The number of nitrogens with two attached hydrogens (primary N) is 1. The van der Waals surface area contributed by atoms with Gasteiger partial charge < -0.3 is 5.73 Å². The van der Waals surface area contributed by atoms with Crippen molar-refractivity contribution in [3.63, 3.8) is 0 Å². The summed E-state index contributed by atoms with van der Waals surface area (Å²) in [6.45, 7) is 0. The lowest BCUT2D eigenvalue weighted by Gasteiger charge is -1.94. The average molecular weight is 259 g/mol. The molecule has 0 bridgehead atoms. The second kappa shape index (κ2) is 2.37. The summed E-state index contributed by atoms with van der Waals surface area (Å²) in [6.07, 6.45) is 3.68. The van der Waals surface area contributed by atoms with Crippen LogP contribution in [0.2, 0.25) is 0 Å². The zero-order valence-corrected chi connectivity index (χ0v) is 7.82. The van der Waals surface area contributed by atoms with E-state index in [4.69, 9.17) is 5.73 Å². The van der Waals surface area contributed by atoms with Crippen molar-refractivity contribution in [3.05, 3.63) is 28.1 Å². The van der Waals surface area contributed by atoms with Gasteiger partial charge >= 0.3 is 0 Å². The Bertz CT molecular complexity index is 393. The fraction of sp³-hybridized carbons (Fsp3) is 0. The number of aromatic nitrogens is 2. The minimum Gasteiger partial charge on any atom is -0.369 e. The van der Waals surface area contributed by atoms with Crippen molar-refractivity contribution < 1.29 is 0 Å². The molecule has 0 atom stereocenters. The highest BCUT2D eigenvalue weighted by Gasteiger charge is 1.97. The summed E-state index contributed by atoms with van der Waals surface area (Å²) < 4.78 is 3.04. The quantitative estimate of drug-likeness (QED) is 0.729. The minimum absolute atomic E-state index is 0.538. The van der Waals surface area contributed by atoms with Gasteiger partial charge in [-0.05, 0) is 34.7 Å². The number of hydrogen-bond acceptors (Lipinski definition) is 2. The number of fused-ring (bicyclic) bond motifs is 1. The van der Waals surface area contributed by atoms with E-state index in [0.717, 1.165) is 5.52 Å². The smallest absolute Gasteiger partial charge is 0.204 e. The zero-order valence-electron chi connectivity index (χ0n) is 5.66. The molecule has 56 valence electrons. The van der Waals surface area contributed by atoms with Crippen molar-refractivity contribution in [1.82, 2.24) is 9.38 Å². The number of pyridine rings is 1. The molecule has 0 fully saturated rings. The van der Waals surface area contributed by atoms with Gasteiger partial charge in [-0.25, -0.2) is 4.98 Å². The summed E-state index contributed by atoms with van der Waals surface area (Å²) >= 11 is 2.26. The van der Waals surface area contributed by atoms with Gasteiger partial charge in [-0.15, -0.1) is 0 Å². The molecular weight excluding hydrogens is 253 g/mol. The van der Waals surface area contributed by atoms with E-state index in [1.807, 2.05) is 22.7 Å². The van der Waals surface area contributed by atoms with Gasteiger partial charge in [0.05, 0.1) is 11.7 Å². The van der Waals surface area contributed by atoms with Gasteiger partial charge in [-0.2, -0.15) is 0 Å². The Kier molecular flexibility index (Phi) is 1.49. The molecule has 4 heteroatoms. The second-order valence-corrected chi connectivity index (χ2v) is 3.50. The molecule has 0 spiro atoms. The standard InChI is InChI=1S/C7H6IN3/c8-5-1-2-11-6(3-5)4-10-7(11)9/h1-4H,(H2,9,10). The van der Waals surface area contributed by atoms with Crippen molar-refractivity contribution in [3.8, 4) is 0 Å². The Balaban J connectivity index is 2.86. The normalized spacial score (nSPS) is 10.6. The minimum atomic E-state index is 0.538. The number of nitrogen functional groups attached to an aromatic ring is 1. The molecule has 2 aromatic rings. The van der Waals surface area contributed by atoms with Gasteiger partial charge in [0.2, 0.25) is 5.95 Å². The summed E-state index contributed by atoms with van der Waals surface area (Å²) in [5, 5.41) is 0. The van der Waals surface area contributed by atoms with Gasteiger partial charge in [-0.1, -0.05) is 0 Å². The summed E-state index contributed by atoms with van der Waals surface area (Å²) in [4.78, 5) is 3.97. The molecule has 0 aliphatic rings.